The van der Waals surface area contributed by atoms with E-state index in [2.05, 4.69) is 10.0 Å². The van der Waals surface area contributed by atoms with Gasteiger partial charge in [-0.15, -0.1) is 0 Å². The van der Waals surface area contributed by atoms with E-state index in [1.807, 2.05) is 12.1 Å². The molecular weight excluding hydrogens is 372 g/mol. The number of fused-ring (bicyclic) bond motifs is 3. The summed E-state index contributed by atoms with van der Waals surface area (Å²) in [4.78, 5) is 2.92. The SMILES string of the molecule is [N-]=[N+]=N[C@@H]1CC[C@@]2(Cc3ccc(Cl)cc3)c3c(F)ccc(F)c3OC[C@H]2C1. The van der Waals surface area contributed by atoms with E-state index in [0.29, 0.717) is 36.3 Å². The van der Waals surface area contributed by atoms with Gasteiger partial charge in [0, 0.05) is 32.9 Å². The zero-order valence-electron chi connectivity index (χ0n) is 14.5. The summed E-state index contributed by atoms with van der Waals surface area (Å²) < 4.78 is 35.0. The lowest BCUT2D eigenvalue weighted by molar-refractivity contribution is 0.0706. The first-order valence-corrected chi connectivity index (χ1v) is 9.31. The average molecular weight is 390 g/mol. The van der Waals surface area contributed by atoms with Gasteiger partial charge >= 0.3 is 0 Å². The van der Waals surface area contributed by atoms with E-state index in [0.717, 1.165) is 11.6 Å². The fourth-order valence-electron chi connectivity index (χ4n) is 4.64. The topological polar surface area (TPSA) is 58.0 Å². The first-order chi connectivity index (χ1) is 13.0. The average Bonchev–Trinajstić information content (AvgIpc) is 2.66. The summed E-state index contributed by atoms with van der Waals surface area (Å²) >= 11 is 5.99. The van der Waals surface area contributed by atoms with Crippen molar-refractivity contribution in [3.63, 3.8) is 0 Å². The van der Waals surface area contributed by atoms with Crippen molar-refractivity contribution >= 4 is 11.6 Å². The maximum absolute atomic E-state index is 14.9. The van der Waals surface area contributed by atoms with Gasteiger partial charge in [-0.1, -0.05) is 28.8 Å². The Morgan fingerprint density at radius 3 is 2.67 bits per heavy atom. The Bertz CT molecular complexity index is 914. The lowest BCUT2D eigenvalue weighted by atomic mass is 9.58. The van der Waals surface area contributed by atoms with Gasteiger partial charge in [-0.2, -0.15) is 0 Å². The van der Waals surface area contributed by atoms with Gasteiger partial charge in [0.2, 0.25) is 0 Å². The molecule has 0 saturated heterocycles. The van der Waals surface area contributed by atoms with Crippen molar-refractivity contribution in [2.45, 2.75) is 37.1 Å². The lowest BCUT2D eigenvalue weighted by Gasteiger charge is -2.49. The number of rotatable bonds is 3. The molecule has 4 rings (SSSR count). The van der Waals surface area contributed by atoms with Crippen LogP contribution in [0.15, 0.2) is 41.5 Å². The molecule has 2 aromatic rings. The molecule has 0 aromatic heterocycles. The number of hydrogen-bond acceptors (Lipinski definition) is 2. The normalized spacial score (nSPS) is 26.3. The van der Waals surface area contributed by atoms with Crippen LogP contribution >= 0.6 is 11.6 Å². The van der Waals surface area contributed by atoms with E-state index >= 15 is 0 Å². The second-order valence-electron chi connectivity index (χ2n) is 7.33. The Morgan fingerprint density at radius 1 is 1.19 bits per heavy atom. The third-order valence-corrected chi connectivity index (χ3v) is 6.15. The maximum atomic E-state index is 14.9. The van der Waals surface area contributed by atoms with Gasteiger partial charge in [0.25, 0.3) is 0 Å². The van der Waals surface area contributed by atoms with Crippen molar-refractivity contribution in [1.29, 1.82) is 0 Å². The van der Waals surface area contributed by atoms with Gasteiger partial charge in [0.15, 0.2) is 11.6 Å². The van der Waals surface area contributed by atoms with Gasteiger partial charge in [-0.05, 0) is 61.0 Å². The third-order valence-electron chi connectivity index (χ3n) is 5.90. The quantitative estimate of drug-likeness (QED) is 0.362. The zero-order valence-corrected chi connectivity index (χ0v) is 15.3. The highest BCUT2D eigenvalue weighted by molar-refractivity contribution is 6.30. The molecule has 1 aliphatic carbocycles. The minimum Gasteiger partial charge on any atom is -0.490 e. The predicted octanol–water partition coefficient (Wildman–Crippen LogP) is 5.97. The molecule has 0 radical (unpaired) electrons. The van der Waals surface area contributed by atoms with Crippen molar-refractivity contribution in [2.75, 3.05) is 6.61 Å². The minimum absolute atomic E-state index is 0.0162. The molecular formula is C20H18ClF2N3O. The standard InChI is InChI=1S/C20H18ClF2N3O/c21-14-3-1-12(2-4-14)10-20-8-7-15(25-26-24)9-13(20)11-27-19-17(23)6-5-16(22)18(19)20/h1-6,13,15H,7-11H2/t13-,15-,20+/m1/s1. The molecule has 2 aliphatic rings. The monoisotopic (exact) mass is 389 g/mol. The molecule has 0 unspecified atom stereocenters. The fourth-order valence-corrected chi connectivity index (χ4v) is 4.77. The molecule has 3 atom stereocenters. The van der Waals surface area contributed by atoms with E-state index in [-0.39, 0.29) is 24.3 Å². The largest absolute Gasteiger partial charge is 0.490 e. The van der Waals surface area contributed by atoms with Crippen LogP contribution in [0.4, 0.5) is 8.78 Å². The molecule has 1 aliphatic heterocycles. The van der Waals surface area contributed by atoms with Gasteiger partial charge in [-0.3, -0.25) is 0 Å². The summed E-state index contributed by atoms with van der Waals surface area (Å²) in [6, 6.07) is 9.56. The Hall–Kier alpha value is -2.30. The smallest absolute Gasteiger partial charge is 0.165 e. The number of benzene rings is 2. The predicted molar refractivity (Wildman–Crippen MR) is 99.0 cm³/mol. The molecule has 0 N–H and O–H groups in total. The number of nitrogens with zero attached hydrogens (tertiary/aromatic N) is 3. The molecule has 1 saturated carbocycles. The van der Waals surface area contributed by atoms with Gasteiger partial charge in [0.1, 0.15) is 5.82 Å². The number of halogens is 3. The summed E-state index contributed by atoms with van der Waals surface area (Å²) in [5, 5.41) is 4.49. The van der Waals surface area contributed by atoms with Gasteiger partial charge in [0.05, 0.1) is 6.61 Å². The lowest BCUT2D eigenvalue weighted by Crippen LogP contribution is -2.49. The van der Waals surface area contributed by atoms with E-state index in [9.17, 15) is 8.78 Å². The van der Waals surface area contributed by atoms with E-state index < -0.39 is 17.0 Å². The number of azide groups is 1. The molecule has 1 heterocycles. The second-order valence-corrected chi connectivity index (χ2v) is 7.77. The number of hydrogen-bond donors (Lipinski definition) is 0. The summed E-state index contributed by atoms with van der Waals surface area (Å²) in [6.45, 7) is 0.276. The molecule has 140 valence electrons. The number of ether oxygens (including phenoxy) is 1. The highest BCUT2D eigenvalue weighted by Crippen LogP contribution is 2.53. The van der Waals surface area contributed by atoms with Crippen molar-refractivity contribution in [2.24, 2.45) is 11.0 Å². The summed E-state index contributed by atoms with van der Waals surface area (Å²) in [6.07, 6.45) is 2.37. The zero-order chi connectivity index (χ0) is 19.0. The highest BCUT2D eigenvalue weighted by atomic mass is 35.5. The van der Waals surface area contributed by atoms with Crippen LogP contribution in [0.25, 0.3) is 10.4 Å². The van der Waals surface area contributed by atoms with Crippen LogP contribution in [-0.4, -0.2) is 12.6 Å². The first-order valence-electron chi connectivity index (χ1n) is 8.93. The van der Waals surface area contributed by atoms with Crippen molar-refractivity contribution < 1.29 is 13.5 Å². The molecule has 4 nitrogen and oxygen atoms in total. The van der Waals surface area contributed by atoms with Crippen LogP contribution < -0.4 is 4.74 Å². The third kappa shape index (κ3) is 3.13. The van der Waals surface area contributed by atoms with Crippen LogP contribution in [-0.2, 0) is 11.8 Å². The van der Waals surface area contributed by atoms with Crippen LogP contribution in [0.2, 0.25) is 5.02 Å². The Kier molecular flexibility index (Phi) is 4.70. The molecule has 27 heavy (non-hydrogen) atoms. The molecule has 0 spiro atoms. The molecule has 2 aromatic carbocycles. The van der Waals surface area contributed by atoms with Gasteiger partial charge < -0.3 is 4.74 Å². The molecule has 0 amide bonds. The molecule has 1 fully saturated rings. The molecule has 7 heteroatoms. The van der Waals surface area contributed by atoms with Crippen LogP contribution in [0.1, 0.15) is 30.4 Å². The van der Waals surface area contributed by atoms with Crippen molar-refractivity contribution in [1.82, 2.24) is 0 Å². The van der Waals surface area contributed by atoms with E-state index in [1.165, 1.54) is 6.07 Å². The summed E-state index contributed by atoms with van der Waals surface area (Å²) in [5.41, 5.74) is 9.50. The second kappa shape index (κ2) is 7.02. The van der Waals surface area contributed by atoms with Crippen LogP contribution in [0, 0.1) is 17.6 Å². The highest BCUT2D eigenvalue weighted by Gasteiger charge is 2.50. The van der Waals surface area contributed by atoms with Crippen LogP contribution in [0.3, 0.4) is 0 Å². The van der Waals surface area contributed by atoms with Gasteiger partial charge in [-0.25, -0.2) is 8.78 Å². The van der Waals surface area contributed by atoms with Crippen LogP contribution in [0.5, 0.6) is 5.75 Å². The minimum atomic E-state index is -0.602. The summed E-state index contributed by atoms with van der Waals surface area (Å²) in [5.74, 6) is -1.05. The fraction of sp³-hybridized carbons (Fsp3) is 0.400. The van der Waals surface area contributed by atoms with Crippen molar-refractivity contribution in [3.05, 3.63) is 74.6 Å². The summed E-state index contributed by atoms with van der Waals surface area (Å²) in [7, 11) is 0. The van der Waals surface area contributed by atoms with E-state index in [1.54, 1.807) is 12.1 Å². The maximum Gasteiger partial charge on any atom is 0.165 e. The molecule has 0 bridgehead atoms. The van der Waals surface area contributed by atoms with Crippen molar-refractivity contribution in [3.8, 4) is 5.75 Å². The first kappa shape index (κ1) is 18.1. The Morgan fingerprint density at radius 2 is 1.93 bits per heavy atom. The van der Waals surface area contributed by atoms with E-state index in [4.69, 9.17) is 21.9 Å². The Balaban J connectivity index is 1.83. The Labute approximate surface area is 160 Å².